The highest BCUT2D eigenvalue weighted by Gasteiger charge is 2.07. The molecule has 86 valence electrons. The van der Waals surface area contributed by atoms with Crippen molar-refractivity contribution in [1.82, 2.24) is 0 Å². The highest BCUT2D eigenvalue weighted by molar-refractivity contribution is 6.18. The Kier molecular flexibility index (Phi) is 9.62. The normalized spacial score (nSPS) is 10.1. The maximum absolute atomic E-state index is 5.73. The van der Waals surface area contributed by atoms with Crippen molar-refractivity contribution in [2.45, 2.75) is 6.54 Å². The van der Waals surface area contributed by atoms with Gasteiger partial charge in [0.2, 0.25) is 0 Å². The van der Waals surface area contributed by atoms with E-state index in [0.29, 0.717) is 11.8 Å². The smallest absolute Gasteiger partial charge is 0.103 e. The molecule has 0 spiro atoms. The Morgan fingerprint density at radius 1 is 0.933 bits per heavy atom. The summed E-state index contributed by atoms with van der Waals surface area (Å²) in [6.45, 7) is 2.96. The lowest BCUT2D eigenvalue weighted by Gasteiger charge is -2.16. The summed E-state index contributed by atoms with van der Waals surface area (Å²) >= 11 is 11.5. The highest BCUT2D eigenvalue weighted by atomic mass is 79.9. The van der Waals surface area contributed by atoms with Gasteiger partial charge in [0.15, 0.2) is 0 Å². The molecule has 0 aliphatic carbocycles. The lowest BCUT2D eigenvalue weighted by atomic mass is 10.2. The summed E-state index contributed by atoms with van der Waals surface area (Å²) < 4.78 is 0. The van der Waals surface area contributed by atoms with Gasteiger partial charge >= 0.3 is 0 Å². The minimum atomic E-state index is 0. The Bertz CT molecular complexity index is 238. The maximum Gasteiger partial charge on any atom is 0.103 e. The second-order valence-corrected chi connectivity index (χ2v) is 4.05. The molecule has 1 aromatic carbocycles. The summed E-state index contributed by atoms with van der Waals surface area (Å²) in [6, 6.07) is 10.4. The van der Waals surface area contributed by atoms with Crippen molar-refractivity contribution in [2.24, 2.45) is 0 Å². The van der Waals surface area contributed by atoms with E-state index < -0.39 is 0 Å². The third-order valence-electron chi connectivity index (χ3n) is 2.19. The minimum Gasteiger partial charge on any atom is -1.00 e. The average molecular weight is 313 g/mol. The Morgan fingerprint density at radius 2 is 1.47 bits per heavy atom. The number of quaternary nitrogens is 1. The predicted molar refractivity (Wildman–Crippen MR) is 62.3 cm³/mol. The average Bonchev–Trinajstić information content (AvgIpc) is 2.20. The first kappa shape index (κ1) is 15.2. The molecule has 0 amide bonds. The van der Waals surface area contributed by atoms with Crippen molar-refractivity contribution in [1.29, 1.82) is 0 Å². The molecule has 1 nitrogen and oxygen atoms in total. The Balaban J connectivity index is 0.00000196. The third-order valence-corrected chi connectivity index (χ3v) is 2.57. The van der Waals surface area contributed by atoms with Gasteiger partial charge in [-0.25, -0.2) is 0 Å². The lowest BCUT2D eigenvalue weighted by Crippen LogP contribution is -3.11. The number of hydrogen-bond donors (Lipinski definition) is 1. The van der Waals surface area contributed by atoms with Crippen molar-refractivity contribution in [3.05, 3.63) is 35.9 Å². The zero-order chi connectivity index (χ0) is 10.2. The molecule has 15 heavy (non-hydrogen) atoms. The molecule has 0 fully saturated rings. The van der Waals surface area contributed by atoms with Crippen LogP contribution in [0.4, 0.5) is 0 Å². The second-order valence-electron chi connectivity index (χ2n) is 3.29. The molecule has 0 aromatic heterocycles. The number of hydrogen-bond acceptors (Lipinski definition) is 0. The van der Waals surface area contributed by atoms with Crippen LogP contribution < -0.4 is 21.9 Å². The summed E-state index contributed by atoms with van der Waals surface area (Å²) in [6.07, 6.45) is 0. The highest BCUT2D eigenvalue weighted by Crippen LogP contribution is 1.95. The zero-order valence-corrected chi connectivity index (χ0v) is 11.7. The minimum absolute atomic E-state index is 0. The topological polar surface area (TPSA) is 4.44 Å². The van der Waals surface area contributed by atoms with Gasteiger partial charge in [-0.3, -0.25) is 0 Å². The molecule has 1 aromatic rings. The van der Waals surface area contributed by atoms with Crippen LogP contribution in [0.25, 0.3) is 0 Å². The monoisotopic (exact) mass is 311 g/mol. The van der Waals surface area contributed by atoms with Gasteiger partial charge in [-0.05, 0) is 0 Å². The van der Waals surface area contributed by atoms with Crippen LogP contribution in [0.5, 0.6) is 0 Å². The fraction of sp³-hybridized carbons (Fsp3) is 0.455. The molecule has 0 bridgehead atoms. The summed E-state index contributed by atoms with van der Waals surface area (Å²) in [5.74, 6) is 1.39. The van der Waals surface area contributed by atoms with E-state index in [2.05, 4.69) is 24.3 Å². The molecule has 0 heterocycles. The van der Waals surface area contributed by atoms with Gasteiger partial charge in [0, 0.05) is 5.56 Å². The number of alkyl halides is 2. The van der Waals surface area contributed by atoms with E-state index in [-0.39, 0.29) is 17.0 Å². The Labute approximate surface area is 112 Å². The largest absolute Gasteiger partial charge is 1.00 e. The van der Waals surface area contributed by atoms with E-state index in [4.69, 9.17) is 23.2 Å². The van der Waals surface area contributed by atoms with Crippen LogP contribution in [0.1, 0.15) is 5.56 Å². The molecule has 0 unspecified atom stereocenters. The summed E-state index contributed by atoms with van der Waals surface area (Å²) in [5.41, 5.74) is 1.35. The first-order valence-corrected chi connectivity index (χ1v) is 5.93. The third kappa shape index (κ3) is 6.41. The maximum atomic E-state index is 5.73. The van der Waals surface area contributed by atoms with Crippen LogP contribution in [0.3, 0.4) is 0 Å². The number of benzene rings is 1. The van der Waals surface area contributed by atoms with Crippen LogP contribution >= 0.6 is 23.2 Å². The number of halogens is 3. The quantitative estimate of drug-likeness (QED) is 0.613. The second kappa shape index (κ2) is 9.46. The molecule has 1 rings (SSSR count). The first-order valence-electron chi connectivity index (χ1n) is 4.86. The zero-order valence-electron chi connectivity index (χ0n) is 8.56. The van der Waals surface area contributed by atoms with Gasteiger partial charge in [0.1, 0.15) is 6.54 Å². The molecule has 0 saturated heterocycles. The van der Waals surface area contributed by atoms with E-state index in [1.165, 1.54) is 10.5 Å². The molecular weight excluding hydrogens is 297 g/mol. The fourth-order valence-corrected chi connectivity index (χ4v) is 1.99. The van der Waals surface area contributed by atoms with Gasteiger partial charge in [0.25, 0.3) is 0 Å². The van der Waals surface area contributed by atoms with Crippen molar-refractivity contribution >= 4 is 23.2 Å². The summed E-state index contributed by atoms with van der Waals surface area (Å²) in [7, 11) is 0. The van der Waals surface area contributed by atoms with Gasteiger partial charge < -0.3 is 21.9 Å². The molecule has 1 N–H and O–H groups in total. The van der Waals surface area contributed by atoms with Gasteiger partial charge in [-0.1, -0.05) is 30.3 Å². The fourth-order valence-electron chi connectivity index (χ4n) is 1.45. The SMILES string of the molecule is ClCC[NH+](CCCl)Cc1ccccc1.[Br-]. The summed E-state index contributed by atoms with van der Waals surface area (Å²) in [5, 5.41) is 0. The Morgan fingerprint density at radius 3 is 1.93 bits per heavy atom. The lowest BCUT2D eigenvalue weighted by molar-refractivity contribution is -0.909. The molecular formula is C11H16BrCl2N. The van der Waals surface area contributed by atoms with Crippen molar-refractivity contribution in [3.8, 4) is 0 Å². The number of rotatable bonds is 6. The number of nitrogens with one attached hydrogen (secondary N) is 1. The van der Waals surface area contributed by atoms with Crippen LogP contribution in [0, 0.1) is 0 Å². The van der Waals surface area contributed by atoms with E-state index in [1.54, 1.807) is 0 Å². The first-order chi connectivity index (χ1) is 6.86. The van der Waals surface area contributed by atoms with Crippen LogP contribution in [-0.4, -0.2) is 24.8 Å². The van der Waals surface area contributed by atoms with E-state index >= 15 is 0 Å². The van der Waals surface area contributed by atoms with E-state index in [1.807, 2.05) is 6.07 Å². The standard InChI is InChI=1S/C11H15Cl2N.BrH/c12-6-8-14(9-7-13)10-11-4-2-1-3-5-11;/h1-5H,6-10H2;1H. The molecule has 4 heteroatoms. The Hall–Kier alpha value is 0.240. The van der Waals surface area contributed by atoms with Gasteiger partial charge in [-0.15, -0.1) is 23.2 Å². The summed E-state index contributed by atoms with van der Waals surface area (Å²) in [4.78, 5) is 1.45. The molecule has 0 radical (unpaired) electrons. The van der Waals surface area contributed by atoms with Crippen LogP contribution in [0.15, 0.2) is 30.3 Å². The van der Waals surface area contributed by atoms with Crippen molar-refractivity contribution in [3.63, 3.8) is 0 Å². The van der Waals surface area contributed by atoms with Crippen molar-refractivity contribution < 1.29 is 21.9 Å². The van der Waals surface area contributed by atoms with Gasteiger partial charge in [0.05, 0.1) is 24.8 Å². The van der Waals surface area contributed by atoms with E-state index in [0.717, 1.165) is 19.6 Å². The molecule has 0 aliphatic rings. The van der Waals surface area contributed by atoms with Crippen LogP contribution in [0.2, 0.25) is 0 Å². The van der Waals surface area contributed by atoms with Crippen molar-refractivity contribution in [2.75, 3.05) is 24.8 Å². The van der Waals surface area contributed by atoms with E-state index in [9.17, 15) is 0 Å². The molecule has 0 aliphatic heterocycles. The van der Waals surface area contributed by atoms with Crippen LogP contribution in [-0.2, 0) is 6.54 Å². The molecule has 0 saturated carbocycles. The molecule has 0 atom stereocenters. The van der Waals surface area contributed by atoms with Gasteiger partial charge in [-0.2, -0.15) is 0 Å². The predicted octanol–water partition coefficient (Wildman–Crippen LogP) is -1.45.